The van der Waals surface area contributed by atoms with Crippen LogP contribution >= 0.6 is 23.2 Å². The van der Waals surface area contributed by atoms with Gasteiger partial charge in [0, 0.05) is 21.7 Å². The van der Waals surface area contributed by atoms with Gasteiger partial charge in [0.2, 0.25) is 11.8 Å². The number of halogens is 2. The third-order valence-corrected chi connectivity index (χ3v) is 5.84. The van der Waals surface area contributed by atoms with Gasteiger partial charge in [-0.05, 0) is 24.3 Å². The van der Waals surface area contributed by atoms with E-state index < -0.39 is 35.2 Å². The number of hydrogen-bond donors (Lipinski definition) is 0. The Morgan fingerprint density at radius 1 is 1.04 bits per heavy atom. The largest absolute Gasteiger partial charge is 0.297 e. The lowest BCUT2D eigenvalue weighted by atomic mass is 9.80. The Kier molecular flexibility index (Phi) is 4.39. The Hall–Kier alpha value is -2.18. The fourth-order valence-electron chi connectivity index (χ4n) is 4.20. The summed E-state index contributed by atoms with van der Waals surface area (Å²) in [6.45, 7) is 5.41. The molecule has 0 aromatic heterocycles. The van der Waals surface area contributed by atoms with E-state index in [2.05, 4.69) is 5.10 Å². The Morgan fingerprint density at radius 3 is 2.25 bits per heavy atom. The predicted molar refractivity (Wildman–Crippen MR) is 107 cm³/mol. The Balaban J connectivity index is 1.81. The lowest BCUT2D eigenvalue weighted by Gasteiger charge is -2.33. The van der Waals surface area contributed by atoms with Crippen molar-refractivity contribution in [3.8, 4) is 0 Å². The molecule has 2 saturated heterocycles. The van der Waals surface area contributed by atoms with Crippen molar-refractivity contribution in [2.45, 2.75) is 32.9 Å². The molecule has 3 aliphatic heterocycles. The summed E-state index contributed by atoms with van der Waals surface area (Å²) in [4.78, 5) is 41.0. The number of fused-ring (bicyclic) bond motifs is 3. The minimum atomic E-state index is -0.804. The average molecular weight is 420 g/mol. The van der Waals surface area contributed by atoms with Gasteiger partial charge in [-0.15, -0.1) is 0 Å². The van der Waals surface area contributed by atoms with Gasteiger partial charge in [0.05, 0.1) is 23.6 Å². The number of carbonyl (C=O) groups excluding carboxylic acids is 3. The van der Waals surface area contributed by atoms with Gasteiger partial charge in [-0.25, -0.2) is 4.90 Å². The van der Waals surface area contributed by atoms with E-state index >= 15 is 0 Å². The second-order valence-electron chi connectivity index (χ2n) is 8.27. The summed E-state index contributed by atoms with van der Waals surface area (Å²) in [5.74, 6) is -2.40. The lowest BCUT2D eigenvalue weighted by molar-refractivity contribution is -0.136. The molecular weight excluding hydrogens is 401 g/mol. The van der Waals surface area contributed by atoms with Crippen molar-refractivity contribution in [1.82, 2.24) is 5.01 Å². The van der Waals surface area contributed by atoms with E-state index in [4.69, 9.17) is 23.2 Å². The molecule has 6 nitrogen and oxygen atoms in total. The smallest absolute Gasteiger partial charge is 0.240 e. The van der Waals surface area contributed by atoms with Crippen LogP contribution in [0.5, 0.6) is 0 Å². The Bertz CT molecular complexity index is 930. The van der Waals surface area contributed by atoms with E-state index in [0.717, 1.165) is 4.90 Å². The normalized spacial score (nSPS) is 28.8. The van der Waals surface area contributed by atoms with Crippen LogP contribution in [0.1, 0.15) is 20.8 Å². The summed E-state index contributed by atoms with van der Waals surface area (Å²) < 4.78 is 0. The number of amides is 2. The van der Waals surface area contributed by atoms with Crippen LogP contribution in [0.4, 0.5) is 5.69 Å². The number of ketones is 1. The molecule has 3 heterocycles. The van der Waals surface area contributed by atoms with Crippen molar-refractivity contribution in [2.24, 2.45) is 22.4 Å². The zero-order valence-electron chi connectivity index (χ0n) is 15.6. The molecule has 28 heavy (non-hydrogen) atoms. The van der Waals surface area contributed by atoms with Crippen LogP contribution in [0, 0.1) is 17.3 Å². The topological polar surface area (TPSA) is 70.0 Å². The summed E-state index contributed by atoms with van der Waals surface area (Å²) in [6.07, 6.45) is 5.13. The van der Waals surface area contributed by atoms with Crippen LogP contribution in [0.2, 0.25) is 10.0 Å². The Morgan fingerprint density at radius 2 is 1.64 bits per heavy atom. The fraction of sp³-hybridized carbons (Fsp3) is 0.400. The number of benzene rings is 1. The molecule has 1 aromatic carbocycles. The molecule has 4 rings (SSSR count). The van der Waals surface area contributed by atoms with Gasteiger partial charge in [-0.2, -0.15) is 5.10 Å². The first-order valence-electron chi connectivity index (χ1n) is 8.98. The molecule has 1 aromatic rings. The number of carbonyl (C=O) groups is 3. The number of allylic oxidation sites excluding steroid dienone is 1. The molecule has 8 heteroatoms. The van der Waals surface area contributed by atoms with Crippen molar-refractivity contribution < 1.29 is 14.4 Å². The van der Waals surface area contributed by atoms with Gasteiger partial charge in [-0.1, -0.05) is 50.0 Å². The van der Waals surface area contributed by atoms with E-state index in [-0.39, 0.29) is 11.7 Å². The zero-order valence-corrected chi connectivity index (χ0v) is 17.1. The standard InChI is InChI=1S/C20H19Cl2N3O3/c1-20(2,3)17(26)16-15-14(13-5-4-6-23-25(13)16)18(27)24(19(15)28)12-8-10(21)7-11(22)9-12/h4-9,13-16H,1-3H3/t13-,14+,15+,16-/m0/s1. The monoisotopic (exact) mass is 419 g/mol. The number of Topliss-reactive ketones (excluding diaryl/α,β-unsaturated/α-hetero) is 1. The first-order valence-corrected chi connectivity index (χ1v) is 9.74. The maximum atomic E-state index is 13.4. The SMILES string of the molecule is CC(C)(C)C(=O)[C@@H]1[C@@H]2C(=O)N(c3cc(Cl)cc(Cl)c3)C(=O)[C@@H]2[C@@H]2C=CC=NN12. The first kappa shape index (κ1) is 19.2. The van der Waals surface area contributed by atoms with Gasteiger partial charge in [0.25, 0.3) is 0 Å². The van der Waals surface area contributed by atoms with Crippen molar-refractivity contribution in [1.29, 1.82) is 0 Å². The summed E-state index contributed by atoms with van der Waals surface area (Å²) in [6, 6.07) is 3.34. The molecule has 3 aliphatic rings. The van der Waals surface area contributed by atoms with Crippen LogP contribution in [0.3, 0.4) is 0 Å². The van der Waals surface area contributed by atoms with E-state index in [1.165, 1.54) is 18.2 Å². The fourth-order valence-corrected chi connectivity index (χ4v) is 4.72. The summed E-state index contributed by atoms with van der Waals surface area (Å²) in [7, 11) is 0. The molecule has 0 spiro atoms. The van der Waals surface area contributed by atoms with Gasteiger partial charge in [0.1, 0.15) is 6.04 Å². The van der Waals surface area contributed by atoms with Gasteiger partial charge < -0.3 is 0 Å². The minimum Gasteiger partial charge on any atom is -0.297 e. The van der Waals surface area contributed by atoms with Crippen molar-refractivity contribution in [2.75, 3.05) is 4.90 Å². The van der Waals surface area contributed by atoms with E-state index in [1.807, 2.05) is 6.08 Å². The second-order valence-corrected chi connectivity index (χ2v) is 9.14. The summed E-state index contributed by atoms with van der Waals surface area (Å²) in [5.41, 5.74) is -0.365. The second kappa shape index (κ2) is 6.42. The summed E-state index contributed by atoms with van der Waals surface area (Å²) >= 11 is 12.1. The minimum absolute atomic E-state index is 0.121. The quantitative estimate of drug-likeness (QED) is 0.689. The van der Waals surface area contributed by atoms with Crippen molar-refractivity contribution in [3.05, 3.63) is 40.4 Å². The van der Waals surface area contributed by atoms with Crippen LogP contribution in [0.15, 0.2) is 35.5 Å². The van der Waals surface area contributed by atoms with Crippen molar-refractivity contribution >= 4 is 52.7 Å². The van der Waals surface area contributed by atoms with E-state index in [9.17, 15) is 14.4 Å². The molecule has 0 N–H and O–H groups in total. The van der Waals surface area contributed by atoms with Gasteiger partial charge >= 0.3 is 0 Å². The van der Waals surface area contributed by atoms with Crippen LogP contribution in [-0.2, 0) is 14.4 Å². The molecule has 0 radical (unpaired) electrons. The molecule has 2 amide bonds. The van der Waals surface area contributed by atoms with Gasteiger partial charge in [0.15, 0.2) is 5.78 Å². The number of rotatable bonds is 2. The molecule has 2 fully saturated rings. The van der Waals surface area contributed by atoms with E-state index in [0.29, 0.717) is 15.7 Å². The maximum Gasteiger partial charge on any atom is 0.240 e. The Labute approximate surface area is 172 Å². The van der Waals surface area contributed by atoms with Crippen molar-refractivity contribution in [3.63, 3.8) is 0 Å². The highest BCUT2D eigenvalue weighted by Gasteiger charge is 2.64. The molecule has 146 valence electrons. The van der Waals surface area contributed by atoms with Crippen LogP contribution in [-0.4, -0.2) is 40.9 Å². The molecule has 0 bridgehead atoms. The third-order valence-electron chi connectivity index (χ3n) is 5.40. The number of anilines is 1. The molecule has 4 atom stereocenters. The molecular formula is C20H19Cl2N3O3. The third kappa shape index (κ3) is 2.78. The molecule has 0 aliphatic carbocycles. The summed E-state index contributed by atoms with van der Waals surface area (Å²) in [5, 5.41) is 6.58. The number of hydrogen-bond acceptors (Lipinski definition) is 5. The first-order chi connectivity index (χ1) is 13.1. The predicted octanol–water partition coefficient (Wildman–Crippen LogP) is 3.32. The zero-order chi connectivity index (χ0) is 20.4. The highest BCUT2D eigenvalue weighted by atomic mass is 35.5. The van der Waals surface area contributed by atoms with Crippen LogP contribution < -0.4 is 4.90 Å². The maximum absolute atomic E-state index is 13.4. The average Bonchev–Trinajstić information content (AvgIpc) is 3.06. The van der Waals surface area contributed by atoms with Gasteiger partial charge in [-0.3, -0.25) is 19.4 Å². The van der Waals surface area contributed by atoms with E-state index in [1.54, 1.807) is 38.1 Å². The highest BCUT2D eigenvalue weighted by molar-refractivity contribution is 6.35. The number of hydrazone groups is 1. The van der Waals surface area contributed by atoms with Crippen LogP contribution in [0.25, 0.3) is 0 Å². The number of imide groups is 1. The number of nitrogens with zero attached hydrogens (tertiary/aromatic N) is 3. The molecule has 0 unspecified atom stereocenters. The lowest BCUT2D eigenvalue weighted by Crippen LogP contribution is -2.49. The highest BCUT2D eigenvalue weighted by Crippen LogP contribution is 2.47. The molecule has 0 saturated carbocycles.